The third kappa shape index (κ3) is 5.34. The number of nitrogens with zero attached hydrogens (tertiary/aromatic N) is 2. The molecule has 114 valence electrons. The molecule has 0 spiro atoms. The molecule has 0 fully saturated rings. The Hall–Kier alpha value is -0.720. The molecule has 1 N–H and O–H groups in total. The highest BCUT2D eigenvalue weighted by Crippen LogP contribution is 2.16. The summed E-state index contributed by atoms with van der Waals surface area (Å²) in [4.78, 5) is 15.8. The van der Waals surface area contributed by atoms with Crippen LogP contribution in [0.4, 0.5) is 0 Å². The van der Waals surface area contributed by atoms with Gasteiger partial charge in [-0.1, -0.05) is 0 Å². The minimum atomic E-state index is -0.179. The van der Waals surface area contributed by atoms with Gasteiger partial charge in [0.15, 0.2) is 0 Å². The Balaban J connectivity index is 2.33. The molecule has 0 unspecified atom stereocenters. The molecular formula is C14H24BrN3O2. The zero-order valence-corrected chi connectivity index (χ0v) is 14.1. The second-order valence-corrected chi connectivity index (χ2v) is 5.48. The van der Waals surface area contributed by atoms with Crippen molar-refractivity contribution in [2.75, 3.05) is 26.3 Å². The lowest BCUT2D eigenvalue weighted by Crippen LogP contribution is -2.31. The van der Waals surface area contributed by atoms with Gasteiger partial charge in [-0.15, -0.1) is 0 Å². The fourth-order valence-corrected chi connectivity index (χ4v) is 2.26. The molecule has 1 aromatic rings. The zero-order chi connectivity index (χ0) is 15.0. The molecule has 0 radical (unpaired) electrons. The van der Waals surface area contributed by atoms with E-state index in [1.165, 1.54) is 0 Å². The van der Waals surface area contributed by atoms with Crippen LogP contribution in [-0.2, 0) is 11.3 Å². The first-order valence-corrected chi connectivity index (χ1v) is 7.89. The lowest BCUT2D eigenvalue weighted by molar-refractivity contribution is 0.143. The molecule has 0 atom stereocenters. The lowest BCUT2D eigenvalue weighted by atomic mass is 10.3. The van der Waals surface area contributed by atoms with E-state index in [4.69, 9.17) is 4.74 Å². The summed E-state index contributed by atoms with van der Waals surface area (Å²) in [6.45, 7) is 9.74. The maximum atomic E-state index is 11.8. The molecule has 6 heteroatoms. The maximum absolute atomic E-state index is 11.8. The highest BCUT2D eigenvalue weighted by atomic mass is 79.9. The van der Waals surface area contributed by atoms with Crippen molar-refractivity contribution in [3.63, 3.8) is 0 Å². The number of halogens is 1. The molecule has 0 aliphatic carbocycles. The first kappa shape index (κ1) is 17.3. The quantitative estimate of drug-likeness (QED) is 0.695. The lowest BCUT2D eigenvalue weighted by Gasteiger charge is -2.12. The Morgan fingerprint density at radius 1 is 1.30 bits per heavy atom. The predicted octanol–water partition coefficient (Wildman–Crippen LogP) is 2.03. The van der Waals surface area contributed by atoms with Crippen LogP contribution in [0.5, 0.6) is 0 Å². The van der Waals surface area contributed by atoms with E-state index in [0.717, 1.165) is 55.0 Å². The van der Waals surface area contributed by atoms with Crippen LogP contribution in [0.2, 0.25) is 0 Å². The molecule has 1 aromatic heterocycles. The highest BCUT2D eigenvalue weighted by Gasteiger charge is 2.08. The van der Waals surface area contributed by atoms with Gasteiger partial charge >= 0.3 is 5.69 Å². The summed E-state index contributed by atoms with van der Waals surface area (Å²) in [7, 11) is 0. The van der Waals surface area contributed by atoms with Gasteiger partial charge in [0.05, 0.1) is 10.2 Å². The minimum Gasteiger partial charge on any atom is -0.382 e. The first-order chi connectivity index (χ1) is 9.57. The van der Waals surface area contributed by atoms with Crippen LogP contribution in [0.1, 0.15) is 31.2 Å². The monoisotopic (exact) mass is 345 g/mol. The maximum Gasteiger partial charge on any atom is 0.348 e. The second kappa shape index (κ2) is 9.26. The Kier molecular flexibility index (Phi) is 8.02. The normalized spacial score (nSPS) is 11.0. The molecule has 0 aliphatic rings. The number of hydrogen-bond acceptors (Lipinski definition) is 4. The van der Waals surface area contributed by atoms with Gasteiger partial charge in [-0.3, -0.25) is 4.57 Å². The Morgan fingerprint density at radius 3 is 2.75 bits per heavy atom. The Morgan fingerprint density at radius 2 is 2.05 bits per heavy atom. The van der Waals surface area contributed by atoms with Crippen molar-refractivity contribution in [3.8, 4) is 0 Å². The van der Waals surface area contributed by atoms with Crippen LogP contribution >= 0.6 is 15.9 Å². The Labute approximate surface area is 128 Å². The third-order valence-corrected chi connectivity index (χ3v) is 4.29. The van der Waals surface area contributed by atoms with Gasteiger partial charge in [0.2, 0.25) is 0 Å². The van der Waals surface area contributed by atoms with Gasteiger partial charge in [0, 0.05) is 32.0 Å². The standard InChI is InChI=1S/C14H24BrN3O2/c1-4-20-10-6-5-7-16-8-9-18-12(3)13(15)11(2)17-14(18)19/h16H,4-10H2,1-3H3. The molecule has 0 bridgehead atoms. The molecule has 20 heavy (non-hydrogen) atoms. The van der Waals surface area contributed by atoms with Gasteiger partial charge in [-0.05, 0) is 56.1 Å². The summed E-state index contributed by atoms with van der Waals surface area (Å²) in [5.41, 5.74) is 1.50. The largest absolute Gasteiger partial charge is 0.382 e. The van der Waals surface area contributed by atoms with Gasteiger partial charge in [-0.25, -0.2) is 4.79 Å². The molecule has 0 aliphatic heterocycles. The molecule has 0 aromatic carbocycles. The fraction of sp³-hybridized carbons (Fsp3) is 0.714. The molecule has 1 rings (SSSR count). The van der Waals surface area contributed by atoms with Crippen LogP contribution < -0.4 is 11.0 Å². The summed E-state index contributed by atoms with van der Waals surface area (Å²) < 4.78 is 7.89. The number of aromatic nitrogens is 2. The van der Waals surface area contributed by atoms with Crippen molar-refractivity contribution in [2.24, 2.45) is 0 Å². The van der Waals surface area contributed by atoms with E-state index in [1.807, 2.05) is 20.8 Å². The molecule has 1 heterocycles. The van der Waals surface area contributed by atoms with Crippen molar-refractivity contribution < 1.29 is 4.74 Å². The van der Waals surface area contributed by atoms with Crippen molar-refractivity contribution >= 4 is 15.9 Å². The first-order valence-electron chi connectivity index (χ1n) is 7.10. The van der Waals surface area contributed by atoms with E-state index in [-0.39, 0.29) is 5.69 Å². The van der Waals surface area contributed by atoms with Gasteiger partial charge in [0.25, 0.3) is 0 Å². The van der Waals surface area contributed by atoms with Crippen molar-refractivity contribution in [1.29, 1.82) is 0 Å². The fourth-order valence-electron chi connectivity index (χ4n) is 1.95. The van der Waals surface area contributed by atoms with Crippen LogP contribution in [0, 0.1) is 13.8 Å². The smallest absolute Gasteiger partial charge is 0.348 e. The van der Waals surface area contributed by atoms with Crippen LogP contribution in [0.3, 0.4) is 0 Å². The van der Waals surface area contributed by atoms with Crippen molar-refractivity contribution in [1.82, 2.24) is 14.9 Å². The van der Waals surface area contributed by atoms with Crippen LogP contribution in [0.25, 0.3) is 0 Å². The highest BCUT2D eigenvalue weighted by molar-refractivity contribution is 9.10. The number of ether oxygens (including phenoxy) is 1. The van der Waals surface area contributed by atoms with Crippen LogP contribution in [0.15, 0.2) is 9.27 Å². The number of rotatable bonds is 9. The summed E-state index contributed by atoms with van der Waals surface area (Å²) in [5.74, 6) is 0. The van der Waals surface area contributed by atoms with Gasteiger partial charge < -0.3 is 10.1 Å². The SMILES string of the molecule is CCOCCCCNCCn1c(C)c(Br)c(C)nc1=O. The molecule has 0 saturated carbocycles. The number of aryl methyl sites for hydroxylation is 1. The third-order valence-electron chi connectivity index (χ3n) is 3.14. The van der Waals surface area contributed by atoms with Gasteiger partial charge in [0.1, 0.15) is 0 Å². The van der Waals surface area contributed by atoms with E-state index in [9.17, 15) is 4.79 Å². The second-order valence-electron chi connectivity index (χ2n) is 4.68. The Bertz CT molecular complexity index is 474. The van der Waals surface area contributed by atoms with E-state index in [2.05, 4.69) is 26.2 Å². The van der Waals surface area contributed by atoms with Crippen LogP contribution in [-0.4, -0.2) is 35.9 Å². The molecule has 0 saturated heterocycles. The van der Waals surface area contributed by atoms with E-state index in [0.29, 0.717) is 6.54 Å². The number of hydrogen-bond donors (Lipinski definition) is 1. The zero-order valence-electron chi connectivity index (χ0n) is 12.5. The molecule has 5 nitrogen and oxygen atoms in total. The summed E-state index contributed by atoms with van der Waals surface area (Å²) in [5, 5.41) is 3.34. The van der Waals surface area contributed by atoms with Gasteiger partial charge in [-0.2, -0.15) is 4.98 Å². The summed E-state index contributed by atoms with van der Waals surface area (Å²) >= 11 is 3.47. The minimum absolute atomic E-state index is 0.179. The van der Waals surface area contributed by atoms with Crippen molar-refractivity contribution in [2.45, 2.75) is 40.2 Å². The van der Waals surface area contributed by atoms with Crippen molar-refractivity contribution in [3.05, 3.63) is 26.3 Å². The molecule has 0 amide bonds. The summed E-state index contributed by atoms with van der Waals surface area (Å²) in [6, 6.07) is 0. The van der Waals surface area contributed by atoms with E-state index >= 15 is 0 Å². The topological polar surface area (TPSA) is 56.1 Å². The molecular weight excluding hydrogens is 322 g/mol. The summed E-state index contributed by atoms with van der Waals surface area (Å²) in [6.07, 6.45) is 2.15. The van der Waals surface area contributed by atoms with E-state index < -0.39 is 0 Å². The number of nitrogens with one attached hydrogen (secondary N) is 1. The average Bonchev–Trinajstić information content (AvgIpc) is 2.42. The van der Waals surface area contributed by atoms with E-state index in [1.54, 1.807) is 4.57 Å². The number of unbranched alkanes of at least 4 members (excludes halogenated alkanes) is 1. The average molecular weight is 346 g/mol. The predicted molar refractivity (Wildman–Crippen MR) is 84.3 cm³/mol.